The number of ether oxygens (including phenoxy) is 3. The topological polar surface area (TPSA) is 123 Å². The Morgan fingerprint density at radius 3 is 2.14 bits per heavy atom. The van der Waals surface area contributed by atoms with Crippen molar-refractivity contribution in [3.8, 4) is 5.75 Å². The van der Waals surface area contributed by atoms with Crippen LogP contribution < -0.4 is 15.4 Å². The molecule has 2 aromatic rings. The van der Waals surface area contributed by atoms with Crippen molar-refractivity contribution in [3.05, 3.63) is 64.7 Å². The Hall–Kier alpha value is -4.08. The number of nitrogens with one attached hydrogen (secondary N) is 2. The molecule has 2 N–H and O–H groups in total. The summed E-state index contributed by atoms with van der Waals surface area (Å²) in [4.78, 5) is 52.5. The van der Waals surface area contributed by atoms with E-state index in [-0.39, 0.29) is 43.2 Å². The Kier molecular flexibility index (Phi) is 16.1. The molecule has 0 fully saturated rings. The van der Waals surface area contributed by atoms with Gasteiger partial charge in [0.15, 0.2) is 0 Å². The summed E-state index contributed by atoms with van der Waals surface area (Å²) in [7, 11) is 1.75. The summed E-state index contributed by atoms with van der Waals surface area (Å²) >= 11 is 0. The first kappa shape index (κ1) is 41.1. The van der Waals surface area contributed by atoms with E-state index in [0.717, 1.165) is 35.1 Å². The van der Waals surface area contributed by atoms with E-state index in [9.17, 15) is 19.2 Å². The molecule has 0 saturated carbocycles. The van der Waals surface area contributed by atoms with E-state index < -0.39 is 23.2 Å². The average molecular weight is 682 g/mol. The summed E-state index contributed by atoms with van der Waals surface area (Å²) in [6.45, 7) is 18.3. The van der Waals surface area contributed by atoms with E-state index in [1.165, 1.54) is 0 Å². The van der Waals surface area contributed by atoms with Gasteiger partial charge in [-0.05, 0) is 115 Å². The highest BCUT2D eigenvalue weighted by molar-refractivity contribution is 5.88. The molecule has 3 amide bonds. The molecule has 2 unspecified atom stereocenters. The largest absolute Gasteiger partial charge is 0.494 e. The van der Waals surface area contributed by atoms with Gasteiger partial charge < -0.3 is 29.7 Å². The van der Waals surface area contributed by atoms with Crippen LogP contribution in [-0.4, -0.2) is 66.2 Å². The molecule has 0 aliphatic heterocycles. The molecule has 2 aromatic carbocycles. The molecule has 10 nitrogen and oxygen atoms in total. The smallest absolute Gasteiger partial charge is 0.410 e. The molecule has 49 heavy (non-hydrogen) atoms. The second kappa shape index (κ2) is 19.2. The molecule has 0 aliphatic carbocycles. The van der Waals surface area contributed by atoms with Crippen LogP contribution in [0.1, 0.15) is 103 Å². The number of nitrogens with zero attached hydrogens (tertiary/aromatic N) is 1. The highest BCUT2D eigenvalue weighted by Crippen LogP contribution is 2.23. The van der Waals surface area contributed by atoms with Gasteiger partial charge >= 0.3 is 12.1 Å². The fourth-order valence-electron chi connectivity index (χ4n) is 5.14. The van der Waals surface area contributed by atoms with Crippen molar-refractivity contribution >= 4 is 23.9 Å². The van der Waals surface area contributed by atoms with Crippen LogP contribution in [0.25, 0.3) is 0 Å². The Morgan fingerprint density at radius 2 is 1.53 bits per heavy atom. The Labute approximate surface area is 293 Å². The minimum absolute atomic E-state index is 0.0686. The first-order valence-corrected chi connectivity index (χ1v) is 17.4. The maximum absolute atomic E-state index is 13.5. The zero-order valence-electron chi connectivity index (χ0n) is 31.4. The van der Waals surface area contributed by atoms with Gasteiger partial charge in [-0.25, -0.2) is 4.79 Å². The number of aryl methyl sites for hydroxylation is 2. The molecule has 0 spiro atoms. The Bertz CT molecular complexity index is 1380. The normalized spacial score (nSPS) is 12.8. The first-order chi connectivity index (χ1) is 22.9. The van der Waals surface area contributed by atoms with E-state index in [1.54, 1.807) is 32.7 Å². The molecule has 2 atom stereocenters. The highest BCUT2D eigenvalue weighted by Gasteiger charge is 2.24. The van der Waals surface area contributed by atoms with Crippen LogP contribution in [0.5, 0.6) is 5.75 Å². The van der Waals surface area contributed by atoms with Crippen LogP contribution in [0, 0.1) is 19.8 Å². The maximum atomic E-state index is 13.5. The number of hydrogen-bond donors (Lipinski definition) is 2. The third kappa shape index (κ3) is 16.2. The van der Waals surface area contributed by atoms with Crippen molar-refractivity contribution in [1.29, 1.82) is 0 Å². The summed E-state index contributed by atoms with van der Waals surface area (Å²) in [5, 5.41) is 5.85. The Balaban J connectivity index is 2.03. The zero-order valence-corrected chi connectivity index (χ0v) is 31.4. The predicted octanol–water partition coefficient (Wildman–Crippen LogP) is 6.82. The standard InChI is InChI=1S/C39H59N3O7/c1-11-29(26-42(10)37(46)49-39(7,8)9)21-22-47-32-23-27(2)28(3)31(24-32)25-40-36(45)33(18-17-30-15-13-12-14-16-30)41-34(43)19-20-35(44)48-38(4,5)6/h12-16,23-24,29,33H,11,17-22,25-26H2,1-10H3,(H,40,45)(H,41,43). The van der Waals surface area contributed by atoms with Gasteiger partial charge in [0.05, 0.1) is 13.0 Å². The molecular weight excluding hydrogens is 622 g/mol. The fraction of sp³-hybridized carbons (Fsp3) is 0.590. The molecule has 0 saturated heterocycles. The van der Waals surface area contributed by atoms with Gasteiger partial charge in [0.2, 0.25) is 11.8 Å². The van der Waals surface area contributed by atoms with Crippen molar-refractivity contribution in [2.24, 2.45) is 5.92 Å². The third-order valence-electron chi connectivity index (χ3n) is 8.00. The second-order valence-corrected chi connectivity index (χ2v) is 14.7. The van der Waals surface area contributed by atoms with Crippen LogP contribution in [-0.2, 0) is 36.8 Å². The minimum atomic E-state index is -0.781. The van der Waals surface area contributed by atoms with Crippen LogP contribution in [0.2, 0.25) is 0 Å². The third-order valence-corrected chi connectivity index (χ3v) is 8.00. The molecular formula is C39H59N3O7. The van der Waals surface area contributed by atoms with Gasteiger partial charge in [0.25, 0.3) is 0 Å². The summed E-state index contributed by atoms with van der Waals surface area (Å²) in [6, 6.07) is 12.9. The van der Waals surface area contributed by atoms with E-state index in [2.05, 4.69) is 17.6 Å². The summed E-state index contributed by atoms with van der Waals surface area (Å²) in [6.07, 6.45) is 2.17. The monoisotopic (exact) mass is 681 g/mol. The number of amides is 3. The minimum Gasteiger partial charge on any atom is -0.494 e. The van der Waals surface area contributed by atoms with E-state index >= 15 is 0 Å². The van der Waals surface area contributed by atoms with Gasteiger partial charge in [-0.2, -0.15) is 0 Å². The number of hydrogen-bond acceptors (Lipinski definition) is 7. The van der Waals surface area contributed by atoms with Crippen molar-refractivity contribution in [2.45, 2.75) is 125 Å². The summed E-state index contributed by atoms with van der Waals surface area (Å²) in [5.74, 6) is -0.193. The van der Waals surface area contributed by atoms with E-state index in [1.807, 2.05) is 77.1 Å². The lowest BCUT2D eigenvalue weighted by Gasteiger charge is -2.27. The summed E-state index contributed by atoms with van der Waals surface area (Å²) in [5.41, 5.74) is 2.87. The lowest BCUT2D eigenvalue weighted by molar-refractivity contribution is -0.155. The van der Waals surface area contributed by atoms with Crippen molar-refractivity contribution in [1.82, 2.24) is 15.5 Å². The quantitative estimate of drug-likeness (QED) is 0.176. The number of carbonyl (C=O) groups excluding carboxylic acids is 4. The van der Waals surface area contributed by atoms with Crippen molar-refractivity contribution < 1.29 is 33.4 Å². The molecule has 0 aliphatic rings. The Morgan fingerprint density at radius 1 is 0.878 bits per heavy atom. The molecule has 0 heterocycles. The molecule has 272 valence electrons. The van der Waals surface area contributed by atoms with E-state index in [0.29, 0.717) is 31.7 Å². The van der Waals surface area contributed by atoms with Gasteiger partial charge in [0.1, 0.15) is 23.0 Å². The van der Waals surface area contributed by atoms with Crippen LogP contribution in [0.15, 0.2) is 42.5 Å². The fourth-order valence-corrected chi connectivity index (χ4v) is 5.14. The van der Waals surface area contributed by atoms with Gasteiger partial charge in [-0.3, -0.25) is 14.4 Å². The molecule has 0 radical (unpaired) electrons. The van der Waals surface area contributed by atoms with Gasteiger partial charge in [-0.15, -0.1) is 0 Å². The van der Waals surface area contributed by atoms with Crippen molar-refractivity contribution in [3.63, 3.8) is 0 Å². The number of carbonyl (C=O) groups is 4. The molecule has 0 aromatic heterocycles. The lowest BCUT2D eigenvalue weighted by atomic mass is 10.0. The highest BCUT2D eigenvalue weighted by atomic mass is 16.6. The maximum Gasteiger partial charge on any atom is 0.410 e. The zero-order chi connectivity index (χ0) is 36.8. The average Bonchev–Trinajstić information content (AvgIpc) is 3.01. The first-order valence-electron chi connectivity index (χ1n) is 17.4. The second-order valence-electron chi connectivity index (χ2n) is 14.7. The lowest BCUT2D eigenvalue weighted by Crippen LogP contribution is -2.47. The predicted molar refractivity (Wildman–Crippen MR) is 192 cm³/mol. The number of rotatable bonds is 17. The SMILES string of the molecule is CCC(CCOc1cc(C)c(C)c(CNC(=O)C(CCc2ccccc2)NC(=O)CCC(=O)OC(C)(C)C)c1)CN(C)C(=O)OC(C)(C)C. The molecule has 0 bridgehead atoms. The number of benzene rings is 2. The summed E-state index contributed by atoms with van der Waals surface area (Å²) < 4.78 is 17.0. The molecule has 10 heteroatoms. The number of esters is 1. The van der Waals surface area contributed by atoms with Gasteiger partial charge in [-0.1, -0.05) is 43.7 Å². The van der Waals surface area contributed by atoms with Crippen LogP contribution >= 0.6 is 0 Å². The van der Waals surface area contributed by atoms with Crippen LogP contribution in [0.4, 0.5) is 4.79 Å². The van der Waals surface area contributed by atoms with E-state index in [4.69, 9.17) is 14.2 Å². The van der Waals surface area contributed by atoms with Gasteiger partial charge in [0, 0.05) is 26.6 Å². The van der Waals surface area contributed by atoms with Crippen molar-refractivity contribution in [2.75, 3.05) is 20.2 Å². The van der Waals surface area contributed by atoms with Crippen LogP contribution in [0.3, 0.4) is 0 Å². The molecule has 2 rings (SSSR count).